The molecule has 21 heavy (non-hydrogen) atoms. The van der Waals surface area contributed by atoms with Crippen molar-refractivity contribution < 1.29 is 9.72 Å². The van der Waals surface area contributed by atoms with Crippen molar-refractivity contribution in [3.8, 4) is 0 Å². The van der Waals surface area contributed by atoms with E-state index in [9.17, 15) is 14.9 Å². The molecular weight excluding hydrogens is 294 g/mol. The van der Waals surface area contributed by atoms with Crippen LogP contribution in [0.15, 0.2) is 30.5 Å². The van der Waals surface area contributed by atoms with Gasteiger partial charge in [0.25, 0.3) is 11.6 Å². The van der Waals surface area contributed by atoms with Gasteiger partial charge in [-0.2, -0.15) is 0 Å². The van der Waals surface area contributed by atoms with E-state index in [4.69, 9.17) is 11.6 Å². The fraction of sp³-hybridized carbons (Fsp3) is 0.143. The Balaban J connectivity index is 2.30. The highest BCUT2D eigenvalue weighted by Gasteiger charge is 2.18. The second-order valence-electron chi connectivity index (χ2n) is 4.49. The van der Waals surface area contributed by atoms with Crippen molar-refractivity contribution in [2.24, 2.45) is 0 Å². The van der Waals surface area contributed by atoms with Gasteiger partial charge in [0.1, 0.15) is 5.15 Å². The Morgan fingerprint density at radius 2 is 2.10 bits per heavy atom. The Morgan fingerprint density at radius 3 is 2.71 bits per heavy atom. The predicted octanol–water partition coefficient (Wildman–Crippen LogP) is 3.51. The molecule has 0 aliphatic heterocycles. The molecule has 0 aliphatic carbocycles. The van der Waals surface area contributed by atoms with Gasteiger partial charge in [0.05, 0.1) is 16.8 Å². The fourth-order valence-electron chi connectivity index (χ4n) is 1.89. The largest absolute Gasteiger partial charge is 0.321 e. The second kappa shape index (κ2) is 5.88. The van der Waals surface area contributed by atoms with Crippen LogP contribution in [-0.2, 0) is 0 Å². The van der Waals surface area contributed by atoms with Crippen molar-refractivity contribution >= 4 is 28.9 Å². The Kier molecular flexibility index (Phi) is 4.18. The van der Waals surface area contributed by atoms with Gasteiger partial charge in [-0.15, -0.1) is 0 Å². The SMILES string of the molecule is Cc1cc(NC(=O)c2cccc([N+](=O)[O-])c2C)cnc1Cl. The topological polar surface area (TPSA) is 85.1 Å². The number of nitro groups is 1. The number of aryl methyl sites for hydroxylation is 1. The molecule has 1 N–H and O–H groups in total. The molecule has 6 nitrogen and oxygen atoms in total. The van der Waals surface area contributed by atoms with Gasteiger partial charge >= 0.3 is 0 Å². The quantitative estimate of drug-likeness (QED) is 0.534. The van der Waals surface area contributed by atoms with E-state index in [2.05, 4.69) is 10.3 Å². The number of halogens is 1. The van der Waals surface area contributed by atoms with Gasteiger partial charge in [-0.1, -0.05) is 17.7 Å². The molecule has 0 unspecified atom stereocenters. The van der Waals surface area contributed by atoms with Crippen molar-refractivity contribution in [1.29, 1.82) is 0 Å². The van der Waals surface area contributed by atoms with E-state index in [0.29, 0.717) is 16.4 Å². The highest BCUT2D eigenvalue weighted by Crippen LogP contribution is 2.22. The van der Waals surface area contributed by atoms with Gasteiger partial charge < -0.3 is 5.32 Å². The highest BCUT2D eigenvalue weighted by molar-refractivity contribution is 6.30. The normalized spacial score (nSPS) is 10.2. The molecular formula is C14H12ClN3O3. The number of nitrogens with zero attached hydrogens (tertiary/aromatic N) is 2. The average molecular weight is 306 g/mol. The second-order valence-corrected chi connectivity index (χ2v) is 4.85. The number of hydrogen-bond donors (Lipinski definition) is 1. The molecule has 1 aromatic carbocycles. The molecule has 0 atom stereocenters. The summed E-state index contributed by atoms with van der Waals surface area (Å²) in [5.41, 5.74) is 1.68. The number of benzene rings is 1. The monoisotopic (exact) mass is 305 g/mol. The number of nitrogens with one attached hydrogen (secondary N) is 1. The first-order valence-electron chi connectivity index (χ1n) is 6.07. The van der Waals surface area contributed by atoms with Crippen LogP contribution in [0, 0.1) is 24.0 Å². The zero-order valence-electron chi connectivity index (χ0n) is 11.4. The summed E-state index contributed by atoms with van der Waals surface area (Å²) in [5.74, 6) is -0.431. The molecule has 0 bridgehead atoms. The van der Waals surface area contributed by atoms with Crippen LogP contribution in [0.1, 0.15) is 21.5 Å². The predicted molar refractivity (Wildman–Crippen MR) is 79.8 cm³/mol. The Labute approximate surface area is 125 Å². The summed E-state index contributed by atoms with van der Waals surface area (Å²) >= 11 is 5.82. The van der Waals surface area contributed by atoms with Gasteiger partial charge in [0, 0.05) is 17.2 Å². The smallest absolute Gasteiger partial charge is 0.273 e. The molecule has 0 fully saturated rings. The van der Waals surface area contributed by atoms with Crippen molar-refractivity contribution in [2.45, 2.75) is 13.8 Å². The first-order valence-corrected chi connectivity index (χ1v) is 6.45. The number of nitro benzene ring substituents is 1. The molecule has 108 valence electrons. The third-order valence-corrected chi connectivity index (χ3v) is 3.41. The van der Waals surface area contributed by atoms with Gasteiger partial charge in [-0.3, -0.25) is 14.9 Å². The van der Waals surface area contributed by atoms with Crippen LogP contribution in [0.2, 0.25) is 5.15 Å². The van der Waals surface area contributed by atoms with Crippen LogP contribution in [0.3, 0.4) is 0 Å². The number of hydrogen-bond acceptors (Lipinski definition) is 4. The molecule has 0 radical (unpaired) electrons. The Hall–Kier alpha value is -2.47. The average Bonchev–Trinajstić information content (AvgIpc) is 2.42. The number of carbonyl (C=O) groups is 1. The summed E-state index contributed by atoms with van der Waals surface area (Å²) < 4.78 is 0. The number of amides is 1. The molecule has 1 amide bonds. The lowest BCUT2D eigenvalue weighted by molar-refractivity contribution is -0.385. The third-order valence-electron chi connectivity index (χ3n) is 3.02. The fourth-order valence-corrected chi connectivity index (χ4v) is 2.00. The molecule has 7 heteroatoms. The Morgan fingerprint density at radius 1 is 1.38 bits per heavy atom. The van der Waals surface area contributed by atoms with E-state index in [0.717, 1.165) is 5.56 Å². The lowest BCUT2D eigenvalue weighted by Crippen LogP contribution is -2.14. The van der Waals surface area contributed by atoms with Crippen molar-refractivity contribution in [2.75, 3.05) is 5.32 Å². The van der Waals surface area contributed by atoms with E-state index < -0.39 is 10.8 Å². The van der Waals surface area contributed by atoms with E-state index in [-0.39, 0.29) is 11.3 Å². The summed E-state index contributed by atoms with van der Waals surface area (Å²) in [5, 5.41) is 13.9. The standard InChI is InChI=1S/C14H12ClN3O3/c1-8-6-10(7-16-13(8)15)17-14(19)11-4-3-5-12(9(11)2)18(20)21/h3-7H,1-2H3,(H,17,19). The minimum Gasteiger partial charge on any atom is -0.321 e. The number of pyridine rings is 1. The minimum absolute atomic E-state index is 0.0898. The maximum atomic E-state index is 12.2. The summed E-state index contributed by atoms with van der Waals surface area (Å²) in [6.07, 6.45) is 1.43. The van der Waals surface area contributed by atoms with Gasteiger partial charge in [-0.25, -0.2) is 4.98 Å². The van der Waals surface area contributed by atoms with Crippen molar-refractivity contribution in [3.05, 3.63) is 62.4 Å². The number of carbonyl (C=O) groups excluding carboxylic acids is 1. The molecule has 0 aliphatic rings. The number of aromatic nitrogens is 1. The molecule has 0 saturated carbocycles. The zero-order chi connectivity index (χ0) is 15.6. The zero-order valence-corrected chi connectivity index (χ0v) is 12.1. The van der Waals surface area contributed by atoms with E-state index in [1.807, 2.05) is 0 Å². The van der Waals surface area contributed by atoms with Crippen LogP contribution < -0.4 is 5.32 Å². The summed E-state index contributed by atoms with van der Waals surface area (Å²) in [7, 11) is 0. The highest BCUT2D eigenvalue weighted by atomic mass is 35.5. The van der Waals surface area contributed by atoms with Crippen molar-refractivity contribution in [1.82, 2.24) is 4.98 Å². The number of rotatable bonds is 3. The van der Waals surface area contributed by atoms with Crippen LogP contribution in [-0.4, -0.2) is 15.8 Å². The minimum atomic E-state index is -0.514. The first kappa shape index (κ1) is 14.9. The molecule has 1 aromatic heterocycles. The van der Waals surface area contributed by atoms with Gasteiger partial charge in [-0.05, 0) is 31.5 Å². The first-order chi connectivity index (χ1) is 9.90. The van der Waals surface area contributed by atoms with Gasteiger partial charge in [0.2, 0.25) is 0 Å². The lowest BCUT2D eigenvalue weighted by Gasteiger charge is -2.08. The molecule has 1 heterocycles. The van der Waals surface area contributed by atoms with E-state index >= 15 is 0 Å². The van der Waals surface area contributed by atoms with Crippen LogP contribution >= 0.6 is 11.6 Å². The lowest BCUT2D eigenvalue weighted by atomic mass is 10.1. The molecule has 2 aromatic rings. The summed E-state index contributed by atoms with van der Waals surface area (Å²) in [6.45, 7) is 3.31. The van der Waals surface area contributed by atoms with Crippen LogP contribution in [0.4, 0.5) is 11.4 Å². The van der Waals surface area contributed by atoms with Crippen LogP contribution in [0.5, 0.6) is 0 Å². The molecule has 0 saturated heterocycles. The summed E-state index contributed by atoms with van der Waals surface area (Å²) in [4.78, 5) is 26.5. The maximum absolute atomic E-state index is 12.2. The Bertz CT molecular complexity index is 731. The summed E-state index contributed by atoms with van der Waals surface area (Å²) in [6, 6.07) is 6.05. The third kappa shape index (κ3) is 3.17. The van der Waals surface area contributed by atoms with Crippen molar-refractivity contribution in [3.63, 3.8) is 0 Å². The number of anilines is 1. The molecule has 2 rings (SSSR count). The van der Waals surface area contributed by atoms with Gasteiger partial charge in [0.15, 0.2) is 0 Å². The van der Waals surface area contributed by atoms with E-state index in [1.165, 1.54) is 24.4 Å². The van der Waals surface area contributed by atoms with E-state index in [1.54, 1.807) is 19.9 Å². The van der Waals surface area contributed by atoms with Crippen LogP contribution in [0.25, 0.3) is 0 Å². The molecule has 0 spiro atoms. The maximum Gasteiger partial charge on any atom is 0.273 e.